The van der Waals surface area contributed by atoms with Crippen LogP contribution in [0, 0.1) is 0 Å². The molecule has 0 N–H and O–H groups in total. The van der Waals surface area contributed by atoms with E-state index in [9.17, 15) is 0 Å². The molecular weight excluding hydrogens is 146 g/mol. The Bertz CT molecular complexity index is 106. The predicted molar refractivity (Wildman–Crippen MR) is 47.4 cm³/mol. The molecule has 0 rings (SSSR count). The third-order valence-electron chi connectivity index (χ3n) is 1.55. The molecule has 1 nitrogen and oxygen atoms in total. The van der Waals surface area contributed by atoms with Gasteiger partial charge >= 0.3 is 0 Å². The fourth-order valence-corrected chi connectivity index (χ4v) is 0.903. The van der Waals surface area contributed by atoms with Gasteiger partial charge in [0.15, 0.2) is 0 Å². The van der Waals surface area contributed by atoms with E-state index in [1.54, 1.807) is 5.54 Å². The average molecular weight is 162 g/mol. The third kappa shape index (κ3) is 3.91. The van der Waals surface area contributed by atoms with Crippen molar-refractivity contribution in [3.8, 4) is 0 Å². The summed E-state index contributed by atoms with van der Waals surface area (Å²) in [5.41, 5.74) is 2.88. The molecule has 0 aliphatic rings. The highest BCUT2D eigenvalue weighted by Crippen LogP contribution is 1.98. The summed E-state index contributed by atoms with van der Waals surface area (Å²) in [6, 6.07) is 0. The van der Waals surface area contributed by atoms with Crippen LogP contribution in [0.1, 0.15) is 20.8 Å². The first-order valence-electron chi connectivity index (χ1n) is 3.72. The van der Waals surface area contributed by atoms with Crippen molar-refractivity contribution in [2.24, 2.45) is 0 Å². The zero-order chi connectivity index (χ0) is 7.98. The summed E-state index contributed by atoms with van der Waals surface area (Å²) in [5.74, 6) is 0. The maximum atomic E-state index is 5.52. The minimum atomic E-state index is 0.997. The zero-order valence-electron chi connectivity index (χ0n) is 7.02. The summed E-state index contributed by atoms with van der Waals surface area (Å²) in [5, 5.41) is 0. The van der Waals surface area contributed by atoms with Crippen molar-refractivity contribution in [2.45, 2.75) is 20.8 Å². The summed E-state index contributed by atoms with van der Waals surface area (Å²) in [6.45, 7) is 9.55. The molecule has 0 aliphatic carbocycles. The fourth-order valence-electron chi connectivity index (χ4n) is 0.834. The molecule has 0 saturated heterocycles. The van der Waals surface area contributed by atoms with E-state index in [2.05, 4.69) is 18.7 Å². The minimum Gasteiger partial charge on any atom is -0.300 e. The van der Waals surface area contributed by atoms with Gasteiger partial charge in [-0.25, -0.2) is 0 Å². The normalized spacial score (nSPS) is 12.7. The Kier molecular flexibility index (Phi) is 5.74. The van der Waals surface area contributed by atoms with Crippen molar-refractivity contribution in [3.63, 3.8) is 0 Å². The van der Waals surface area contributed by atoms with Gasteiger partial charge in [0.2, 0.25) is 0 Å². The highest BCUT2D eigenvalue weighted by Gasteiger charge is 1.97. The van der Waals surface area contributed by atoms with Crippen molar-refractivity contribution < 1.29 is 0 Å². The standard InChI is InChI=1S/C8H16ClN/c1-4-10(5-2)7-8(3)6-9/h6H,4-5,7H2,1-3H3/b8-6-. The molecule has 2 heteroatoms. The highest BCUT2D eigenvalue weighted by atomic mass is 35.5. The highest BCUT2D eigenvalue weighted by molar-refractivity contribution is 6.25. The molecule has 0 unspecified atom stereocenters. The van der Waals surface area contributed by atoms with Crippen LogP contribution in [-0.4, -0.2) is 24.5 Å². The Morgan fingerprint density at radius 2 is 1.90 bits per heavy atom. The molecule has 0 bridgehead atoms. The van der Waals surface area contributed by atoms with Crippen molar-refractivity contribution in [2.75, 3.05) is 19.6 Å². The van der Waals surface area contributed by atoms with E-state index >= 15 is 0 Å². The van der Waals surface area contributed by atoms with Crippen molar-refractivity contribution >= 4 is 11.6 Å². The molecular formula is C8H16ClN. The summed E-state index contributed by atoms with van der Waals surface area (Å²) >= 11 is 5.52. The molecule has 0 aromatic heterocycles. The van der Waals surface area contributed by atoms with E-state index in [4.69, 9.17) is 11.6 Å². The first-order chi connectivity index (χ1) is 4.74. The quantitative estimate of drug-likeness (QED) is 0.613. The van der Waals surface area contributed by atoms with Crippen LogP contribution in [-0.2, 0) is 0 Å². The smallest absolute Gasteiger partial charge is 0.0201 e. The third-order valence-corrected chi connectivity index (χ3v) is 1.93. The molecule has 0 aromatic carbocycles. The molecule has 0 aromatic rings. The molecule has 0 heterocycles. The fraction of sp³-hybridized carbons (Fsp3) is 0.750. The molecule has 60 valence electrons. The molecule has 0 aliphatic heterocycles. The molecule has 0 atom stereocenters. The number of halogens is 1. The molecule has 0 fully saturated rings. The van der Waals surface area contributed by atoms with Crippen molar-refractivity contribution in [1.29, 1.82) is 0 Å². The van der Waals surface area contributed by atoms with Crippen LogP contribution in [0.15, 0.2) is 11.1 Å². The van der Waals surface area contributed by atoms with Gasteiger partial charge < -0.3 is 0 Å². The van der Waals surface area contributed by atoms with E-state index in [0.29, 0.717) is 0 Å². The van der Waals surface area contributed by atoms with E-state index in [-0.39, 0.29) is 0 Å². The van der Waals surface area contributed by atoms with E-state index in [1.165, 1.54) is 5.57 Å². The minimum absolute atomic E-state index is 0.997. The summed E-state index contributed by atoms with van der Waals surface area (Å²) < 4.78 is 0. The topological polar surface area (TPSA) is 3.24 Å². The maximum absolute atomic E-state index is 5.52. The second-order valence-corrected chi connectivity index (χ2v) is 2.64. The lowest BCUT2D eigenvalue weighted by Crippen LogP contribution is -2.24. The Morgan fingerprint density at radius 1 is 1.40 bits per heavy atom. The van der Waals surface area contributed by atoms with Gasteiger partial charge in [0.1, 0.15) is 0 Å². The number of likely N-dealkylation sites (N-methyl/N-ethyl adjacent to an activating group) is 1. The van der Waals surface area contributed by atoms with Gasteiger partial charge in [-0.3, -0.25) is 4.90 Å². The number of hydrogen-bond donors (Lipinski definition) is 0. The second-order valence-electron chi connectivity index (χ2n) is 2.42. The number of nitrogens with zero attached hydrogens (tertiary/aromatic N) is 1. The van der Waals surface area contributed by atoms with Crippen molar-refractivity contribution in [1.82, 2.24) is 4.90 Å². The number of hydrogen-bond acceptors (Lipinski definition) is 1. The number of rotatable bonds is 4. The first kappa shape index (κ1) is 9.99. The van der Waals surface area contributed by atoms with Crippen LogP contribution in [0.2, 0.25) is 0 Å². The molecule has 0 spiro atoms. The Morgan fingerprint density at radius 3 is 2.20 bits per heavy atom. The summed E-state index contributed by atoms with van der Waals surface area (Å²) in [6.07, 6.45) is 0. The van der Waals surface area contributed by atoms with Gasteiger partial charge in [-0.05, 0) is 25.6 Å². The Balaban J connectivity index is 3.63. The monoisotopic (exact) mass is 161 g/mol. The van der Waals surface area contributed by atoms with Gasteiger partial charge in [0.25, 0.3) is 0 Å². The zero-order valence-corrected chi connectivity index (χ0v) is 7.78. The van der Waals surface area contributed by atoms with Crippen LogP contribution in [0.5, 0.6) is 0 Å². The van der Waals surface area contributed by atoms with Crippen molar-refractivity contribution in [3.05, 3.63) is 11.1 Å². The van der Waals surface area contributed by atoms with Crippen LogP contribution in [0.4, 0.5) is 0 Å². The van der Waals surface area contributed by atoms with Gasteiger partial charge in [0.05, 0.1) is 0 Å². The molecule has 0 saturated carbocycles. The molecule has 0 radical (unpaired) electrons. The lowest BCUT2D eigenvalue weighted by atomic mass is 10.3. The second kappa shape index (κ2) is 5.75. The van der Waals surface area contributed by atoms with Gasteiger partial charge in [-0.1, -0.05) is 25.4 Å². The Labute approximate surface area is 68.7 Å². The van der Waals surface area contributed by atoms with Crippen LogP contribution in [0.25, 0.3) is 0 Å². The lowest BCUT2D eigenvalue weighted by molar-refractivity contribution is 0.330. The van der Waals surface area contributed by atoms with Gasteiger partial charge in [-0.2, -0.15) is 0 Å². The van der Waals surface area contributed by atoms with E-state index in [1.807, 2.05) is 6.92 Å². The molecule has 0 amide bonds. The summed E-state index contributed by atoms with van der Waals surface area (Å²) in [7, 11) is 0. The first-order valence-corrected chi connectivity index (χ1v) is 4.16. The van der Waals surface area contributed by atoms with E-state index in [0.717, 1.165) is 19.6 Å². The summed E-state index contributed by atoms with van der Waals surface area (Å²) in [4.78, 5) is 2.33. The SMILES string of the molecule is CCN(CC)C/C(C)=C\Cl. The molecule has 10 heavy (non-hydrogen) atoms. The van der Waals surface area contributed by atoms with Crippen LogP contribution >= 0.6 is 11.6 Å². The lowest BCUT2D eigenvalue weighted by Gasteiger charge is -2.17. The largest absolute Gasteiger partial charge is 0.300 e. The van der Waals surface area contributed by atoms with Gasteiger partial charge in [-0.15, -0.1) is 0 Å². The average Bonchev–Trinajstić information content (AvgIpc) is 1.99. The van der Waals surface area contributed by atoms with Crippen LogP contribution in [0.3, 0.4) is 0 Å². The Hall–Kier alpha value is -0.0100. The van der Waals surface area contributed by atoms with Crippen LogP contribution < -0.4 is 0 Å². The maximum Gasteiger partial charge on any atom is 0.0201 e. The predicted octanol–water partition coefficient (Wildman–Crippen LogP) is 2.47. The van der Waals surface area contributed by atoms with E-state index < -0.39 is 0 Å². The van der Waals surface area contributed by atoms with Gasteiger partial charge in [0, 0.05) is 12.1 Å².